The van der Waals surface area contributed by atoms with Gasteiger partial charge >= 0.3 is 0 Å². The highest BCUT2D eigenvalue weighted by Crippen LogP contribution is 2.19. The van der Waals surface area contributed by atoms with Crippen LogP contribution in [0, 0.1) is 13.8 Å². The lowest BCUT2D eigenvalue weighted by molar-refractivity contribution is -0.115. The van der Waals surface area contributed by atoms with Gasteiger partial charge in [-0.05, 0) is 49.2 Å². The van der Waals surface area contributed by atoms with Crippen molar-refractivity contribution >= 4 is 22.4 Å². The summed E-state index contributed by atoms with van der Waals surface area (Å²) in [6.07, 6.45) is 2.52. The summed E-state index contributed by atoms with van der Waals surface area (Å²) in [5.41, 5.74) is 3.17. The van der Waals surface area contributed by atoms with Gasteiger partial charge in [0.1, 0.15) is 10.8 Å². The Morgan fingerprint density at radius 3 is 2.81 bits per heavy atom. The molecule has 6 nitrogen and oxygen atoms in total. The van der Waals surface area contributed by atoms with Crippen LogP contribution in [0.2, 0.25) is 0 Å². The van der Waals surface area contributed by atoms with Gasteiger partial charge in [0, 0.05) is 18.3 Å². The number of hydrogen-bond donors (Lipinski definition) is 1. The third-order valence-electron chi connectivity index (χ3n) is 3.84. The van der Waals surface area contributed by atoms with E-state index in [2.05, 4.69) is 34.3 Å². The van der Waals surface area contributed by atoms with Gasteiger partial charge in [0.25, 0.3) is 0 Å². The van der Waals surface area contributed by atoms with E-state index < -0.39 is 0 Å². The zero-order valence-corrected chi connectivity index (χ0v) is 15.5. The van der Waals surface area contributed by atoms with Crippen molar-refractivity contribution in [2.24, 2.45) is 0 Å². The predicted molar refractivity (Wildman–Crippen MR) is 102 cm³/mol. The number of hydrogen-bond acceptors (Lipinski definition) is 6. The Balaban J connectivity index is 1.47. The second kappa shape index (κ2) is 8.53. The Morgan fingerprint density at radius 2 is 2.04 bits per heavy atom. The molecule has 0 spiro atoms. The van der Waals surface area contributed by atoms with Gasteiger partial charge in [-0.25, -0.2) is 0 Å². The summed E-state index contributed by atoms with van der Waals surface area (Å²) >= 11 is 1.36. The summed E-state index contributed by atoms with van der Waals surface area (Å²) in [4.78, 5) is 16.1. The van der Waals surface area contributed by atoms with E-state index in [1.165, 1.54) is 22.5 Å². The topological polar surface area (TPSA) is 77.0 Å². The first-order chi connectivity index (χ1) is 12.6. The molecular formula is C19H20N4O2S. The Bertz CT molecular complexity index is 880. The molecule has 0 unspecified atom stereocenters. The fourth-order valence-electron chi connectivity index (χ4n) is 2.30. The number of rotatable bonds is 7. The minimum atomic E-state index is -0.155. The van der Waals surface area contributed by atoms with E-state index in [0.717, 1.165) is 16.5 Å². The van der Waals surface area contributed by atoms with Gasteiger partial charge < -0.3 is 10.1 Å². The Morgan fingerprint density at radius 1 is 1.15 bits per heavy atom. The predicted octanol–water partition coefficient (Wildman–Crippen LogP) is 3.35. The maximum absolute atomic E-state index is 12.0. The van der Waals surface area contributed by atoms with E-state index in [1.807, 2.05) is 36.4 Å². The number of ether oxygens (including phenoxy) is 1. The molecule has 134 valence electrons. The molecule has 1 amide bonds. The summed E-state index contributed by atoms with van der Waals surface area (Å²) < 4.78 is 5.76. The quantitative estimate of drug-likeness (QED) is 0.692. The lowest BCUT2D eigenvalue weighted by Gasteiger charge is -2.07. The van der Waals surface area contributed by atoms with Crippen LogP contribution in [0.4, 0.5) is 5.13 Å². The van der Waals surface area contributed by atoms with Crippen LogP contribution in [-0.4, -0.2) is 27.7 Å². The number of pyridine rings is 1. The fourth-order valence-corrected chi connectivity index (χ4v) is 3.03. The molecule has 0 aliphatic carbocycles. The van der Waals surface area contributed by atoms with Crippen LogP contribution < -0.4 is 10.1 Å². The molecule has 2 heterocycles. The Labute approximate surface area is 156 Å². The van der Waals surface area contributed by atoms with Crippen LogP contribution in [0.3, 0.4) is 0 Å². The van der Waals surface area contributed by atoms with Gasteiger partial charge in [-0.3, -0.25) is 9.78 Å². The molecule has 0 bridgehead atoms. The molecule has 0 radical (unpaired) electrons. The molecule has 0 atom stereocenters. The van der Waals surface area contributed by atoms with Crippen molar-refractivity contribution in [2.75, 3.05) is 11.9 Å². The van der Waals surface area contributed by atoms with Crippen LogP contribution in [0.1, 0.15) is 21.8 Å². The molecule has 26 heavy (non-hydrogen) atoms. The van der Waals surface area contributed by atoms with Gasteiger partial charge in [-0.2, -0.15) is 0 Å². The fraction of sp³-hybridized carbons (Fsp3) is 0.263. The molecule has 0 saturated heterocycles. The summed E-state index contributed by atoms with van der Waals surface area (Å²) in [6, 6.07) is 11.5. The van der Waals surface area contributed by atoms with E-state index >= 15 is 0 Å². The van der Waals surface area contributed by atoms with Crippen molar-refractivity contribution in [3.63, 3.8) is 0 Å². The molecule has 3 aromatic rings. The SMILES string of the molecule is Cc1ccc(OCCc2nnc(NC(=O)Cc3ccccn3)s2)cc1C. The molecule has 1 N–H and O–H groups in total. The van der Waals surface area contributed by atoms with Gasteiger partial charge in [-0.15, -0.1) is 10.2 Å². The monoisotopic (exact) mass is 368 g/mol. The lowest BCUT2D eigenvalue weighted by Crippen LogP contribution is -2.14. The highest BCUT2D eigenvalue weighted by Gasteiger charge is 2.10. The summed E-state index contributed by atoms with van der Waals surface area (Å²) in [5, 5.41) is 12.2. The largest absolute Gasteiger partial charge is 0.493 e. The van der Waals surface area contributed by atoms with E-state index in [9.17, 15) is 4.79 Å². The third-order valence-corrected chi connectivity index (χ3v) is 4.74. The van der Waals surface area contributed by atoms with Crippen molar-refractivity contribution in [1.82, 2.24) is 15.2 Å². The molecule has 3 rings (SSSR count). The van der Waals surface area contributed by atoms with Gasteiger partial charge in [0.05, 0.1) is 13.0 Å². The minimum absolute atomic E-state index is 0.155. The summed E-state index contributed by atoms with van der Waals surface area (Å²) in [7, 11) is 0. The van der Waals surface area contributed by atoms with Crippen LogP contribution in [0.25, 0.3) is 0 Å². The molecule has 0 aliphatic rings. The second-order valence-corrected chi connectivity index (χ2v) is 6.95. The van der Waals surface area contributed by atoms with Crippen LogP contribution >= 0.6 is 11.3 Å². The van der Waals surface area contributed by atoms with E-state index in [-0.39, 0.29) is 12.3 Å². The van der Waals surface area contributed by atoms with Crippen molar-refractivity contribution < 1.29 is 9.53 Å². The number of anilines is 1. The van der Waals surface area contributed by atoms with Crippen LogP contribution in [0.15, 0.2) is 42.6 Å². The Hall–Kier alpha value is -2.80. The number of aryl methyl sites for hydroxylation is 2. The average Bonchev–Trinajstić information content (AvgIpc) is 3.06. The molecular weight excluding hydrogens is 348 g/mol. The number of carbonyl (C=O) groups excluding carboxylic acids is 1. The normalized spacial score (nSPS) is 10.5. The van der Waals surface area contributed by atoms with Gasteiger partial charge in [-0.1, -0.05) is 23.5 Å². The van der Waals surface area contributed by atoms with Crippen LogP contribution in [-0.2, 0) is 17.6 Å². The lowest BCUT2D eigenvalue weighted by atomic mass is 10.1. The first-order valence-corrected chi connectivity index (χ1v) is 9.14. The van der Waals surface area contributed by atoms with Crippen molar-refractivity contribution in [1.29, 1.82) is 0 Å². The number of carbonyl (C=O) groups is 1. The number of benzene rings is 1. The van der Waals surface area contributed by atoms with Crippen molar-refractivity contribution in [3.8, 4) is 5.75 Å². The summed E-state index contributed by atoms with van der Waals surface area (Å²) in [5.74, 6) is 0.694. The standard InChI is InChI=1S/C19H20N4O2S/c1-13-6-7-16(11-14(13)2)25-10-8-18-22-23-19(26-18)21-17(24)12-15-5-3-4-9-20-15/h3-7,9,11H,8,10,12H2,1-2H3,(H,21,23,24). The second-order valence-electron chi connectivity index (χ2n) is 5.89. The van der Waals surface area contributed by atoms with E-state index in [4.69, 9.17) is 4.74 Å². The number of nitrogens with zero attached hydrogens (tertiary/aromatic N) is 3. The average molecular weight is 368 g/mol. The number of amides is 1. The highest BCUT2D eigenvalue weighted by atomic mass is 32.1. The minimum Gasteiger partial charge on any atom is -0.493 e. The van der Waals surface area contributed by atoms with E-state index in [1.54, 1.807) is 6.20 Å². The molecule has 7 heteroatoms. The van der Waals surface area contributed by atoms with Gasteiger partial charge in [0.15, 0.2) is 0 Å². The maximum Gasteiger partial charge on any atom is 0.232 e. The first kappa shape index (κ1) is 18.0. The van der Waals surface area contributed by atoms with Crippen molar-refractivity contribution in [3.05, 3.63) is 64.4 Å². The number of aromatic nitrogens is 3. The molecule has 1 aromatic carbocycles. The molecule has 0 fully saturated rings. The molecule has 0 aliphatic heterocycles. The zero-order valence-electron chi connectivity index (χ0n) is 14.7. The summed E-state index contributed by atoms with van der Waals surface area (Å²) in [6.45, 7) is 4.65. The first-order valence-electron chi connectivity index (χ1n) is 8.32. The molecule has 2 aromatic heterocycles. The van der Waals surface area contributed by atoms with Gasteiger partial charge in [0.2, 0.25) is 11.0 Å². The smallest absolute Gasteiger partial charge is 0.232 e. The zero-order chi connectivity index (χ0) is 18.4. The molecule has 0 saturated carbocycles. The van der Waals surface area contributed by atoms with Crippen molar-refractivity contribution in [2.45, 2.75) is 26.7 Å². The van der Waals surface area contributed by atoms with E-state index in [0.29, 0.717) is 18.2 Å². The maximum atomic E-state index is 12.0. The highest BCUT2D eigenvalue weighted by molar-refractivity contribution is 7.15. The Kier molecular flexibility index (Phi) is 5.91. The van der Waals surface area contributed by atoms with Crippen LogP contribution in [0.5, 0.6) is 5.75 Å². The number of nitrogens with one attached hydrogen (secondary N) is 1. The third kappa shape index (κ3) is 5.10.